The van der Waals surface area contributed by atoms with E-state index >= 15 is 0 Å². The molecular formula is C31H35N3O5. The fraction of sp³-hybridized carbons (Fsp3) is 0.323. The largest absolute Gasteiger partial charge is 0.492 e. The molecule has 1 heterocycles. The van der Waals surface area contributed by atoms with Crippen molar-refractivity contribution in [2.45, 2.75) is 45.4 Å². The molecule has 0 saturated heterocycles. The highest BCUT2D eigenvalue weighted by Crippen LogP contribution is 2.17. The number of hydrogen-bond acceptors (Lipinski definition) is 6. The van der Waals surface area contributed by atoms with E-state index in [-0.39, 0.29) is 18.1 Å². The first-order valence-corrected chi connectivity index (χ1v) is 13.3. The third kappa shape index (κ3) is 7.10. The van der Waals surface area contributed by atoms with Gasteiger partial charge in [0.15, 0.2) is 0 Å². The maximum absolute atomic E-state index is 13.0. The summed E-state index contributed by atoms with van der Waals surface area (Å²) < 4.78 is 13.3. The van der Waals surface area contributed by atoms with Gasteiger partial charge in [-0.1, -0.05) is 61.5 Å². The third-order valence-electron chi connectivity index (χ3n) is 6.55. The van der Waals surface area contributed by atoms with Gasteiger partial charge in [0.2, 0.25) is 5.91 Å². The summed E-state index contributed by atoms with van der Waals surface area (Å²) in [5.41, 5.74) is 2.39. The molecule has 2 N–H and O–H groups in total. The highest BCUT2D eigenvalue weighted by atomic mass is 16.5. The first-order valence-electron chi connectivity index (χ1n) is 13.3. The minimum atomic E-state index is -0.695. The molecule has 0 saturated carbocycles. The molecule has 0 fully saturated rings. The molecule has 0 aliphatic heterocycles. The zero-order valence-electron chi connectivity index (χ0n) is 22.4. The van der Waals surface area contributed by atoms with Crippen LogP contribution < -0.4 is 15.6 Å². The maximum Gasteiger partial charge on any atom is 0.261 e. The van der Waals surface area contributed by atoms with Crippen molar-refractivity contribution in [1.29, 1.82) is 0 Å². The quantitative estimate of drug-likeness (QED) is 0.273. The van der Waals surface area contributed by atoms with E-state index in [0.717, 1.165) is 17.0 Å². The number of aromatic nitrogens is 2. The van der Waals surface area contributed by atoms with Crippen LogP contribution >= 0.6 is 0 Å². The number of aliphatic hydroxyl groups excluding tert-OH is 1. The topological polar surface area (TPSA) is 103 Å². The summed E-state index contributed by atoms with van der Waals surface area (Å²) in [5, 5.41) is 13.3. The van der Waals surface area contributed by atoms with Crippen molar-refractivity contribution >= 4 is 16.8 Å². The van der Waals surface area contributed by atoms with Gasteiger partial charge < -0.3 is 19.9 Å². The van der Waals surface area contributed by atoms with E-state index in [1.54, 1.807) is 10.6 Å². The number of aryl methyl sites for hydroxylation is 1. The molecule has 4 aromatic rings. The Hall–Kier alpha value is -4.01. The Kier molecular flexibility index (Phi) is 9.83. The zero-order chi connectivity index (χ0) is 27.6. The van der Waals surface area contributed by atoms with Crippen molar-refractivity contribution in [3.05, 3.63) is 106 Å². The molecule has 0 spiro atoms. The Labute approximate surface area is 228 Å². The zero-order valence-corrected chi connectivity index (χ0v) is 22.4. The molecule has 0 radical (unpaired) electrons. The molecule has 3 aromatic carbocycles. The van der Waals surface area contributed by atoms with E-state index in [1.165, 1.54) is 0 Å². The highest BCUT2D eigenvalue weighted by molar-refractivity contribution is 5.81. The van der Waals surface area contributed by atoms with Crippen LogP contribution in [0.1, 0.15) is 36.8 Å². The van der Waals surface area contributed by atoms with Gasteiger partial charge >= 0.3 is 0 Å². The number of hydrogen-bond donors (Lipinski definition) is 2. The molecule has 1 aromatic heterocycles. The van der Waals surface area contributed by atoms with Gasteiger partial charge in [-0.15, -0.1) is 0 Å². The molecule has 0 aliphatic rings. The predicted octanol–water partition coefficient (Wildman–Crippen LogP) is 3.84. The first-order chi connectivity index (χ1) is 19.0. The summed E-state index contributed by atoms with van der Waals surface area (Å²) in [6, 6.07) is 23.7. The van der Waals surface area contributed by atoms with Crippen LogP contribution in [0.25, 0.3) is 10.9 Å². The van der Waals surface area contributed by atoms with Gasteiger partial charge in [0.25, 0.3) is 5.56 Å². The van der Waals surface area contributed by atoms with E-state index in [4.69, 9.17) is 9.47 Å². The molecule has 0 bridgehead atoms. The lowest BCUT2D eigenvalue weighted by Crippen LogP contribution is -2.41. The normalized spacial score (nSPS) is 12.7. The molecule has 8 heteroatoms. The number of nitrogens with one attached hydrogen (secondary N) is 1. The monoisotopic (exact) mass is 529 g/mol. The first kappa shape index (κ1) is 28.0. The number of nitrogens with zero attached hydrogens (tertiary/aromatic N) is 2. The molecule has 39 heavy (non-hydrogen) atoms. The number of benzene rings is 3. The third-order valence-corrected chi connectivity index (χ3v) is 6.55. The smallest absolute Gasteiger partial charge is 0.261 e. The van der Waals surface area contributed by atoms with Gasteiger partial charge in [0.1, 0.15) is 24.3 Å². The second-order valence-corrected chi connectivity index (χ2v) is 9.15. The van der Waals surface area contributed by atoms with Gasteiger partial charge in [-0.05, 0) is 42.3 Å². The van der Waals surface area contributed by atoms with E-state index in [1.807, 2.05) is 86.6 Å². The molecule has 0 unspecified atom stereocenters. The number of fused-ring (bicyclic) bond motifs is 1. The number of carbonyl (C=O) groups excluding carboxylic acids is 1. The van der Waals surface area contributed by atoms with Crippen LogP contribution in [-0.4, -0.2) is 46.5 Å². The van der Waals surface area contributed by atoms with Crippen LogP contribution in [0.3, 0.4) is 0 Å². The number of carbonyl (C=O) groups is 1. The van der Waals surface area contributed by atoms with Crippen molar-refractivity contribution in [3.8, 4) is 5.75 Å². The van der Waals surface area contributed by atoms with E-state index in [9.17, 15) is 14.7 Å². The number of ether oxygens (including phenoxy) is 2. The average Bonchev–Trinajstić information content (AvgIpc) is 2.97. The minimum absolute atomic E-state index is 0.0626. The van der Waals surface area contributed by atoms with E-state index in [0.29, 0.717) is 49.3 Å². The summed E-state index contributed by atoms with van der Waals surface area (Å²) in [7, 11) is 0. The fourth-order valence-corrected chi connectivity index (χ4v) is 4.52. The number of rotatable bonds is 13. The van der Waals surface area contributed by atoms with Crippen molar-refractivity contribution in [1.82, 2.24) is 14.9 Å². The molecule has 4 rings (SSSR count). The standard InChI is InChI=1S/C31H35N3O5/c1-3-29-32-26-13-9-8-12-25(26)31(37)34(29)18-19-39-24-16-14-22(15-17-24)20-28(38-4-2)30(36)33-27(21-35)23-10-6-5-7-11-23/h5-17,27-28,35H,3-4,18-21H2,1-2H3,(H,33,36)/t27-,28+/m1/s1. The summed E-state index contributed by atoms with van der Waals surface area (Å²) in [6.07, 6.45) is 0.331. The SMILES string of the molecule is CCO[C@@H](Cc1ccc(OCCn2c(CC)nc3ccccc3c2=O)cc1)C(=O)N[C@H](CO)c1ccccc1. The predicted molar refractivity (Wildman–Crippen MR) is 151 cm³/mol. The Morgan fingerprint density at radius 3 is 2.41 bits per heavy atom. The summed E-state index contributed by atoms with van der Waals surface area (Å²) in [6.45, 7) is 4.71. The molecule has 1 amide bonds. The number of para-hydroxylation sites is 1. The van der Waals surface area contributed by atoms with E-state index in [2.05, 4.69) is 10.3 Å². The average molecular weight is 530 g/mol. The second-order valence-electron chi connectivity index (χ2n) is 9.15. The summed E-state index contributed by atoms with van der Waals surface area (Å²) in [4.78, 5) is 30.6. The Balaban J connectivity index is 1.36. The van der Waals surface area contributed by atoms with E-state index < -0.39 is 12.1 Å². The Morgan fingerprint density at radius 1 is 1.00 bits per heavy atom. The molecule has 8 nitrogen and oxygen atoms in total. The number of aliphatic hydroxyl groups is 1. The lowest BCUT2D eigenvalue weighted by atomic mass is 10.0. The summed E-state index contributed by atoms with van der Waals surface area (Å²) in [5.74, 6) is 1.12. The Morgan fingerprint density at radius 2 is 1.72 bits per heavy atom. The van der Waals surface area contributed by atoms with Crippen LogP contribution in [0.15, 0.2) is 83.7 Å². The second kappa shape index (κ2) is 13.7. The molecular weight excluding hydrogens is 494 g/mol. The van der Waals surface area contributed by atoms with Gasteiger partial charge in [-0.2, -0.15) is 0 Å². The van der Waals surface area contributed by atoms with Gasteiger partial charge in [0, 0.05) is 19.4 Å². The highest BCUT2D eigenvalue weighted by Gasteiger charge is 2.23. The summed E-state index contributed by atoms with van der Waals surface area (Å²) >= 11 is 0. The van der Waals surface area contributed by atoms with Crippen molar-refractivity contribution in [2.24, 2.45) is 0 Å². The lowest BCUT2D eigenvalue weighted by molar-refractivity contribution is -0.133. The van der Waals surface area contributed by atoms with Gasteiger partial charge in [-0.25, -0.2) is 4.98 Å². The molecule has 204 valence electrons. The number of amides is 1. The Bertz CT molecular complexity index is 1420. The van der Waals surface area contributed by atoms with Crippen molar-refractivity contribution in [3.63, 3.8) is 0 Å². The van der Waals surface area contributed by atoms with Gasteiger partial charge in [-0.3, -0.25) is 14.2 Å². The van der Waals surface area contributed by atoms with Gasteiger partial charge in [0.05, 0.1) is 30.1 Å². The molecule has 0 aliphatic carbocycles. The van der Waals surface area contributed by atoms with Crippen LogP contribution in [0.4, 0.5) is 0 Å². The lowest BCUT2D eigenvalue weighted by Gasteiger charge is -2.22. The van der Waals surface area contributed by atoms with Crippen LogP contribution in [-0.2, 0) is 28.9 Å². The fourth-order valence-electron chi connectivity index (χ4n) is 4.52. The van der Waals surface area contributed by atoms with Crippen molar-refractivity contribution in [2.75, 3.05) is 19.8 Å². The molecule has 2 atom stereocenters. The van der Waals surface area contributed by atoms with Crippen LogP contribution in [0.5, 0.6) is 5.75 Å². The maximum atomic E-state index is 13.0. The minimum Gasteiger partial charge on any atom is -0.492 e. The van der Waals surface area contributed by atoms with Crippen LogP contribution in [0.2, 0.25) is 0 Å². The van der Waals surface area contributed by atoms with Crippen LogP contribution in [0, 0.1) is 0 Å². The van der Waals surface area contributed by atoms with Crippen molar-refractivity contribution < 1.29 is 19.4 Å².